The van der Waals surface area contributed by atoms with Gasteiger partial charge in [0.25, 0.3) is 0 Å². The molecule has 1 atom stereocenters. The molecule has 1 aromatic carbocycles. The Morgan fingerprint density at radius 1 is 1.27 bits per heavy atom. The molecule has 2 aliphatic rings. The maximum atomic E-state index is 14.1. The first-order chi connectivity index (χ1) is 10.6. The Morgan fingerprint density at radius 3 is 2.55 bits per heavy atom. The van der Waals surface area contributed by atoms with Gasteiger partial charge in [0, 0.05) is 31.9 Å². The summed E-state index contributed by atoms with van der Waals surface area (Å²) in [5, 5.41) is 10.3. The van der Waals surface area contributed by atoms with Crippen molar-refractivity contribution >= 4 is 7.48 Å². The Balaban J connectivity index is 1.70. The van der Waals surface area contributed by atoms with Gasteiger partial charge >= 0.3 is 7.48 Å². The van der Waals surface area contributed by atoms with Crippen LogP contribution in [0.5, 0.6) is 5.75 Å². The predicted molar refractivity (Wildman–Crippen MR) is 72.4 cm³/mol. The van der Waals surface area contributed by atoms with Gasteiger partial charge in [0.15, 0.2) is 17.4 Å². The summed E-state index contributed by atoms with van der Waals surface area (Å²) in [6.07, 6.45) is 0.750. The maximum Gasteiger partial charge on any atom is 0.354 e. The summed E-state index contributed by atoms with van der Waals surface area (Å²) in [5.41, 5.74) is -0.707. The number of aliphatic hydroxyl groups is 1. The second-order valence-corrected chi connectivity index (χ2v) is 5.56. The summed E-state index contributed by atoms with van der Waals surface area (Å²) < 4.78 is 38.5. The summed E-state index contributed by atoms with van der Waals surface area (Å²) in [6, 6.07) is 2.37. The van der Waals surface area contributed by atoms with Gasteiger partial charge in [-0.3, -0.25) is 4.89 Å². The van der Waals surface area contributed by atoms with Crippen molar-refractivity contribution in [1.29, 1.82) is 0 Å². The lowest BCUT2D eigenvalue weighted by atomic mass is 9.76. The molecule has 22 heavy (non-hydrogen) atoms. The van der Waals surface area contributed by atoms with Crippen LogP contribution in [0.2, 0.25) is 0 Å². The second-order valence-electron chi connectivity index (χ2n) is 5.56. The molecule has 0 amide bonds. The largest absolute Gasteiger partial charge is 0.485 e. The van der Waals surface area contributed by atoms with E-state index in [1.54, 1.807) is 0 Å². The molecule has 1 aromatic rings. The predicted octanol–water partition coefficient (Wildman–Crippen LogP) is 1.51. The van der Waals surface area contributed by atoms with Gasteiger partial charge in [0.2, 0.25) is 0 Å². The molecule has 1 unspecified atom stereocenters. The molecule has 0 bridgehead atoms. The Hall–Kier alpha value is -1.22. The molecule has 0 saturated carbocycles. The summed E-state index contributed by atoms with van der Waals surface area (Å²) in [6.45, 7) is 0.840. The smallest absolute Gasteiger partial charge is 0.354 e. The molecule has 0 aromatic heterocycles. The van der Waals surface area contributed by atoms with Crippen molar-refractivity contribution in [3.8, 4) is 5.75 Å². The number of benzene rings is 1. The van der Waals surface area contributed by atoms with Gasteiger partial charge in [-0.1, -0.05) is 0 Å². The third-order valence-corrected chi connectivity index (χ3v) is 3.89. The van der Waals surface area contributed by atoms with Gasteiger partial charge in [-0.05, 0) is 17.7 Å². The molecule has 0 aliphatic carbocycles. The first-order valence-electron chi connectivity index (χ1n) is 7.11. The van der Waals surface area contributed by atoms with Gasteiger partial charge in [-0.2, -0.15) is 0 Å². The summed E-state index contributed by atoms with van der Waals surface area (Å²) in [7, 11) is 1.37. The third kappa shape index (κ3) is 3.40. The molecule has 8 heteroatoms. The van der Waals surface area contributed by atoms with E-state index in [4.69, 9.17) is 9.47 Å². The molecule has 2 aliphatic heterocycles. The third-order valence-electron chi connectivity index (χ3n) is 3.89. The SMILES string of the molecule is OC1(COc2c(F)cc(C3[B]OOC3)cc2F)CCOCC1. The van der Waals surface area contributed by atoms with Crippen LogP contribution >= 0.6 is 0 Å². The van der Waals surface area contributed by atoms with Gasteiger partial charge < -0.3 is 19.4 Å². The Morgan fingerprint density at radius 2 is 1.95 bits per heavy atom. The van der Waals surface area contributed by atoms with Crippen LogP contribution in [0.15, 0.2) is 12.1 Å². The fourth-order valence-electron chi connectivity index (χ4n) is 2.47. The quantitative estimate of drug-likeness (QED) is 0.674. The standard InChI is InChI=1S/C14H16BF2O5/c16-11-5-9(10-7-21-22-15-10)6-12(17)13(11)20-8-14(18)1-3-19-4-2-14/h5-6,10,18H,1-4,7-8H2. The lowest BCUT2D eigenvalue weighted by Crippen LogP contribution is -2.41. The van der Waals surface area contributed by atoms with Gasteiger partial charge in [-0.25, -0.2) is 8.78 Å². The maximum absolute atomic E-state index is 14.1. The number of hydrogen-bond acceptors (Lipinski definition) is 5. The average Bonchev–Trinajstić information content (AvgIpc) is 3.01. The van der Waals surface area contributed by atoms with E-state index in [1.165, 1.54) is 19.6 Å². The number of ether oxygens (including phenoxy) is 2. The van der Waals surface area contributed by atoms with Crippen LogP contribution < -0.4 is 4.74 Å². The highest BCUT2D eigenvalue weighted by molar-refractivity contribution is 6.30. The fourth-order valence-corrected chi connectivity index (χ4v) is 2.47. The molecule has 0 spiro atoms. The first kappa shape index (κ1) is 15.7. The van der Waals surface area contributed by atoms with Crippen LogP contribution in [0.4, 0.5) is 8.78 Å². The van der Waals surface area contributed by atoms with E-state index < -0.39 is 23.0 Å². The molecule has 119 valence electrons. The minimum atomic E-state index is -1.11. The minimum absolute atomic E-state index is 0.175. The molecule has 1 N–H and O–H groups in total. The molecule has 2 heterocycles. The van der Waals surface area contributed by atoms with E-state index in [0.717, 1.165) is 0 Å². The Labute approximate surface area is 127 Å². The molecule has 2 saturated heterocycles. The van der Waals surface area contributed by atoms with Gasteiger partial charge in [0.1, 0.15) is 12.2 Å². The molecule has 5 nitrogen and oxygen atoms in total. The highest BCUT2D eigenvalue weighted by Gasteiger charge is 2.32. The highest BCUT2D eigenvalue weighted by Crippen LogP contribution is 2.30. The van der Waals surface area contributed by atoms with Crippen molar-refractivity contribution in [2.24, 2.45) is 0 Å². The first-order valence-corrected chi connectivity index (χ1v) is 7.11. The van der Waals surface area contributed by atoms with E-state index in [2.05, 4.69) is 9.69 Å². The summed E-state index contributed by atoms with van der Waals surface area (Å²) in [4.78, 5) is 9.30. The topological polar surface area (TPSA) is 57.2 Å². The van der Waals surface area contributed by atoms with E-state index >= 15 is 0 Å². The van der Waals surface area contributed by atoms with E-state index in [1.807, 2.05) is 0 Å². The molecule has 2 fully saturated rings. The molecular formula is C14H16BF2O5. The van der Waals surface area contributed by atoms with Crippen molar-refractivity contribution < 1.29 is 33.1 Å². The number of halogens is 2. The van der Waals surface area contributed by atoms with Crippen molar-refractivity contribution in [2.75, 3.05) is 26.4 Å². The summed E-state index contributed by atoms with van der Waals surface area (Å²) >= 11 is 0. The second kappa shape index (κ2) is 6.50. The van der Waals surface area contributed by atoms with Crippen molar-refractivity contribution in [3.63, 3.8) is 0 Å². The van der Waals surface area contributed by atoms with Crippen LogP contribution in [0, 0.1) is 11.6 Å². The monoisotopic (exact) mass is 313 g/mol. The lowest BCUT2D eigenvalue weighted by molar-refractivity contribution is -0.183. The van der Waals surface area contributed by atoms with Crippen molar-refractivity contribution in [3.05, 3.63) is 29.3 Å². The van der Waals surface area contributed by atoms with Crippen molar-refractivity contribution in [2.45, 2.75) is 24.3 Å². The summed E-state index contributed by atoms with van der Waals surface area (Å²) in [5.74, 6) is -2.43. The van der Waals surface area contributed by atoms with Crippen molar-refractivity contribution in [1.82, 2.24) is 0 Å². The molecular weight excluding hydrogens is 297 g/mol. The van der Waals surface area contributed by atoms with E-state index in [9.17, 15) is 13.9 Å². The van der Waals surface area contributed by atoms with Crippen LogP contribution in [0.25, 0.3) is 0 Å². The van der Waals surface area contributed by atoms with Gasteiger partial charge in [0.05, 0.1) is 6.61 Å². The Bertz CT molecular complexity index is 507. The van der Waals surface area contributed by atoms with E-state index in [-0.39, 0.29) is 19.0 Å². The van der Waals surface area contributed by atoms with E-state index in [0.29, 0.717) is 31.6 Å². The fraction of sp³-hybridized carbons (Fsp3) is 0.571. The van der Waals surface area contributed by atoms with Crippen LogP contribution in [-0.2, 0) is 14.4 Å². The minimum Gasteiger partial charge on any atom is -0.485 e. The Kier molecular flexibility index (Phi) is 4.63. The average molecular weight is 313 g/mol. The zero-order valence-electron chi connectivity index (χ0n) is 11.9. The van der Waals surface area contributed by atoms with Crippen LogP contribution in [0.3, 0.4) is 0 Å². The van der Waals surface area contributed by atoms with Gasteiger partial charge in [-0.15, -0.1) is 0 Å². The lowest BCUT2D eigenvalue weighted by Gasteiger charge is -2.31. The van der Waals surface area contributed by atoms with Crippen LogP contribution in [0.1, 0.15) is 24.2 Å². The zero-order valence-corrected chi connectivity index (χ0v) is 11.9. The number of hydrogen-bond donors (Lipinski definition) is 1. The van der Waals surface area contributed by atoms with Crippen LogP contribution in [-0.4, -0.2) is 44.6 Å². The molecule has 3 rings (SSSR count). The number of rotatable bonds is 4. The zero-order chi connectivity index (χ0) is 15.6. The highest BCUT2D eigenvalue weighted by atomic mass is 19.1. The normalized spacial score (nSPS) is 24.0. The molecule has 1 radical (unpaired) electrons.